The summed E-state index contributed by atoms with van der Waals surface area (Å²) in [7, 11) is -16.6. The Balaban J connectivity index is 1.47. The van der Waals surface area contributed by atoms with Crippen LogP contribution in [0, 0.1) is 0 Å². The van der Waals surface area contributed by atoms with E-state index in [2.05, 4.69) is 33.1 Å². The minimum absolute atomic E-state index is 0.0353. The van der Waals surface area contributed by atoms with E-state index in [0.717, 1.165) is 0 Å². The molecule has 0 spiro atoms. The van der Waals surface area contributed by atoms with Gasteiger partial charge in [0.1, 0.15) is 28.6 Å². The number of nitrogens with zero attached hydrogens (tertiary/aromatic N) is 5. The molecule has 7 N–H and O–H groups in total. The third-order valence-electron chi connectivity index (χ3n) is 4.41. The van der Waals surface area contributed by atoms with Crippen LogP contribution in [0.2, 0.25) is 0 Å². The smallest absolute Gasteiger partial charge is 0.390 e. The summed E-state index contributed by atoms with van der Waals surface area (Å²) in [5.41, 5.74) is 6.85. The number of ether oxygens (including phenoxy) is 1. The number of rotatable bonds is 9. The van der Waals surface area contributed by atoms with Gasteiger partial charge in [-0.1, -0.05) is 0 Å². The van der Waals surface area contributed by atoms with Crippen LogP contribution in [-0.4, -0.2) is 68.0 Å². The molecule has 1 aliphatic heterocycles. The van der Waals surface area contributed by atoms with Gasteiger partial charge in [-0.05, 0) is 0 Å². The van der Waals surface area contributed by atoms with Gasteiger partial charge in [0, 0.05) is 18.0 Å². The van der Waals surface area contributed by atoms with Crippen molar-refractivity contribution in [2.75, 3.05) is 12.3 Å². The van der Waals surface area contributed by atoms with Crippen LogP contribution in [0.3, 0.4) is 0 Å². The van der Waals surface area contributed by atoms with Gasteiger partial charge in [0.2, 0.25) is 5.95 Å². The van der Waals surface area contributed by atoms with E-state index in [1.807, 2.05) is 0 Å². The minimum atomic E-state index is -5.67. The van der Waals surface area contributed by atoms with Gasteiger partial charge < -0.3 is 35.2 Å². The molecule has 0 bridgehead atoms. The maximum atomic E-state index is 11.9. The molecule has 4 rings (SSSR count). The van der Waals surface area contributed by atoms with Crippen molar-refractivity contribution in [3.8, 4) is 10.7 Å². The van der Waals surface area contributed by atoms with Gasteiger partial charge in [-0.15, -0.1) is 11.3 Å². The predicted molar refractivity (Wildman–Crippen MR) is 115 cm³/mol. The molecule has 2 unspecified atom stereocenters. The molecule has 5 atom stereocenters. The lowest BCUT2D eigenvalue weighted by Gasteiger charge is -2.19. The summed E-state index contributed by atoms with van der Waals surface area (Å²) >= 11 is 1.31. The Morgan fingerprint density at radius 1 is 1.14 bits per heavy atom. The number of thiazole rings is 1. The highest BCUT2D eigenvalue weighted by atomic mass is 32.1. The number of nitrogen functional groups attached to an aromatic ring is 1. The fourth-order valence-corrected chi connectivity index (χ4v) is 6.80. The number of aliphatic hydroxyl groups excluding tert-OH is 1. The summed E-state index contributed by atoms with van der Waals surface area (Å²) in [5.74, 6) is -0.0628. The van der Waals surface area contributed by atoms with Crippen molar-refractivity contribution in [2.24, 2.45) is 0 Å². The average Bonchev–Trinajstić information content (AvgIpc) is 3.42. The number of fused-ring (bicyclic) bond motifs is 1. The first-order valence-corrected chi connectivity index (χ1v) is 14.6. The van der Waals surface area contributed by atoms with E-state index in [9.17, 15) is 28.6 Å². The van der Waals surface area contributed by atoms with Gasteiger partial charge in [-0.3, -0.25) is 9.09 Å². The molecule has 192 valence electrons. The summed E-state index contributed by atoms with van der Waals surface area (Å²) < 4.78 is 52.9. The maximum Gasteiger partial charge on any atom is 0.490 e. The molecule has 0 aliphatic carbocycles. The standard InChI is InChI=1S/C13H17N6O12P3S/c14-13-17-10(12-15-1-2-35-12)9-11(18-13)19(5-16-9)8-3-6(20)7(29-8)4-28-33(24,25)31-34(26,27)30-32(21,22)23/h1-2,5-8,20H,3-4H2,(H,24,25)(H,26,27)(H2,14,17,18)(H2,21,22,23)/t6-,7+,8+/m0/s1. The summed E-state index contributed by atoms with van der Waals surface area (Å²) in [6.45, 7) is -0.810. The Hall–Kier alpha value is -1.69. The highest BCUT2D eigenvalue weighted by Gasteiger charge is 2.43. The number of phosphoric ester groups is 1. The van der Waals surface area contributed by atoms with Gasteiger partial charge in [0.15, 0.2) is 5.65 Å². The summed E-state index contributed by atoms with van der Waals surface area (Å²) in [6, 6.07) is 0. The van der Waals surface area contributed by atoms with Gasteiger partial charge >= 0.3 is 23.5 Å². The lowest BCUT2D eigenvalue weighted by molar-refractivity contribution is -0.0423. The number of hydrogen-bond acceptors (Lipinski definition) is 14. The van der Waals surface area contributed by atoms with Gasteiger partial charge in [-0.2, -0.15) is 13.6 Å². The molecule has 0 aromatic carbocycles. The Morgan fingerprint density at radius 3 is 2.54 bits per heavy atom. The molecule has 1 aliphatic rings. The SMILES string of the molecule is Nc1nc(-c2nccs2)c2ncn([C@H]3C[C@H](O)[C@@H](COP(=O)(O)OP(=O)(O)OP(=O)(O)O)O3)c2n1. The highest BCUT2D eigenvalue weighted by Crippen LogP contribution is 2.66. The molecule has 0 radical (unpaired) electrons. The number of anilines is 1. The van der Waals surface area contributed by atoms with Crippen LogP contribution >= 0.6 is 34.8 Å². The summed E-state index contributed by atoms with van der Waals surface area (Å²) in [5, 5.41) is 12.6. The molecule has 1 fully saturated rings. The van der Waals surface area contributed by atoms with Crippen LogP contribution in [0.25, 0.3) is 21.9 Å². The number of aliphatic hydroxyl groups is 1. The number of aromatic nitrogens is 5. The largest absolute Gasteiger partial charge is 0.490 e. The highest BCUT2D eigenvalue weighted by molar-refractivity contribution is 7.66. The predicted octanol–water partition coefficient (Wildman–Crippen LogP) is 0.524. The molecule has 22 heteroatoms. The zero-order valence-electron chi connectivity index (χ0n) is 17.0. The molecule has 3 aromatic heterocycles. The van der Waals surface area contributed by atoms with Gasteiger partial charge in [-0.25, -0.2) is 28.6 Å². The first-order valence-electron chi connectivity index (χ1n) is 9.25. The fourth-order valence-electron chi connectivity index (χ4n) is 3.14. The Morgan fingerprint density at radius 2 is 1.89 bits per heavy atom. The Bertz CT molecular complexity index is 1360. The first kappa shape index (κ1) is 26.4. The zero-order valence-corrected chi connectivity index (χ0v) is 20.5. The van der Waals surface area contributed by atoms with Crippen molar-refractivity contribution >= 4 is 51.9 Å². The molecule has 35 heavy (non-hydrogen) atoms. The van der Waals surface area contributed by atoms with Crippen LogP contribution in [-0.2, 0) is 31.6 Å². The van der Waals surface area contributed by atoms with Gasteiger partial charge in [0.25, 0.3) is 0 Å². The van der Waals surface area contributed by atoms with Crippen LogP contribution in [0.1, 0.15) is 12.6 Å². The van der Waals surface area contributed by atoms with E-state index >= 15 is 0 Å². The number of hydrogen-bond donors (Lipinski definition) is 6. The van der Waals surface area contributed by atoms with Crippen molar-refractivity contribution < 1.29 is 56.3 Å². The zero-order chi connectivity index (χ0) is 25.6. The van der Waals surface area contributed by atoms with E-state index in [0.29, 0.717) is 16.2 Å². The average molecular weight is 574 g/mol. The summed E-state index contributed by atoms with van der Waals surface area (Å²) in [6.07, 6.45) is -0.408. The van der Waals surface area contributed by atoms with Gasteiger partial charge in [0.05, 0.1) is 19.0 Å². The van der Waals surface area contributed by atoms with Crippen molar-refractivity contribution in [3.63, 3.8) is 0 Å². The van der Waals surface area contributed by atoms with Crippen molar-refractivity contribution in [1.29, 1.82) is 0 Å². The molecule has 3 aromatic rings. The maximum absolute atomic E-state index is 11.9. The second-order valence-electron chi connectivity index (χ2n) is 6.91. The third kappa shape index (κ3) is 6.36. The van der Waals surface area contributed by atoms with E-state index in [1.165, 1.54) is 22.2 Å². The van der Waals surface area contributed by atoms with E-state index < -0.39 is 48.5 Å². The van der Waals surface area contributed by atoms with E-state index in [-0.39, 0.29) is 18.0 Å². The van der Waals surface area contributed by atoms with Crippen molar-refractivity contribution in [2.45, 2.75) is 24.9 Å². The second kappa shape index (κ2) is 9.64. The third-order valence-corrected chi connectivity index (χ3v) is 8.99. The Labute approximate surface area is 198 Å². The van der Waals surface area contributed by atoms with Crippen molar-refractivity contribution in [3.05, 3.63) is 17.9 Å². The molecule has 18 nitrogen and oxygen atoms in total. The quantitative estimate of drug-likeness (QED) is 0.190. The fraction of sp³-hybridized carbons (Fsp3) is 0.385. The van der Waals surface area contributed by atoms with E-state index in [1.54, 1.807) is 11.6 Å². The molecular weight excluding hydrogens is 557 g/mol. The normalized spacial score (nSPS) is 24.4. The molecule has 0 amide bonds. The van der Waals surface area contributed by atoms with Crippen LogP contribution in [0.5, 0.6) is 0 Å². The minimum Gasteiger partial charge on any atom is -0.390 e. The number of nitrogens with two attached hydrogens (primary N) is 1. The lowest BCUT2D eigenvalue weighted by atomic mass is 10.2. The monoisotopic (exact) mass is 574 g/mol. The van der Waals surface area contributed by atoms with Crippen LogP contribution in [0.15, 0.2) is 17.9 Å². The Kier molecular flexibility index (Phi) is 7.27. The van der Waals surface area contributed by atoms with Crippen LogP contribution in [0.4, 0.5) is 5.95 Å². The second-order valence-corrected chi connectivity index (χ2v) is 12.2. The number of imidazole rings is 1. The topological polar surface area (TPSA) is 272 Å². The van der Waals surface area contributed by atoms with E-state index in [4.69, 9.17) is 20.3 Å². The molecule has 0 saturated carbocycles. The van der Waals surface area contributed by atoms with Crippen LogP contribution < -0.4 is 5.73 Å². The molecule has 4 heterocycles. The summed E-state index contributed by atoms with van der Waals surface area (Å²) in [4.78, 5) is 52.7. The van der Waals surface area contributed by atoms with Crippen molar-refractivity contribution in [1.82, 2.24) is 24.5 Å². The molecule has 1 saturated heterocycles. The molecular formula is C13H17N6O12P3S. The first-order chi connectivity index (χ1) is 16.2. The number of phosphoric acid groups is 3. The lowest BCUT2D eigenvalue weighted by Crippen LogP contribution is -2.26.